The number of anilines is 1. The van der Waals surface area contributed by atoms with Crippen LogP contribution in [0.15, 0.2) is 42.5 Å². The highest BCUT2D eigenvalue weighted by Crippen LogP contribution is 2.26. The molecule has 3 rings (SSSR count). The van der Waals surface area contributed by atoms with Gasteiger partial charge in [0, 0.05) is 31.3 Å². The predicted octanol–water partition coefficient (Wildman–Crippen LogP) is 3.61. The molecule has 0 aliphatic carbocycles. The molecule has 0 unspecified atom stereocenters. The second-order valence-electron chi connectivity index (χ2n) is 6.49. The molecule has 2 aromatic rings. The molecule has 0 saturated heterocycles. The number of rotatable bonds is 3. The summed E-state index contributed by atoms with van der Waals surface area (Å²) in [4.78, 5) is 25.6. The van der Waals surface area contributed by atoms with Crippen LogP contribution in [-0.4, -0.2) is 23.4 Å². The quantitative estimate of drug-likeness (QED) is 0.883. The summed E-state index contributed by atoms with van der Waals surface area (Å²) in [5.74, 6) is -0.443. The molecule has 0 saturated carbocycles. The smallest absolute Gasteiger partial charge is 0.318 e. The number of carbonyl (C=O) groups is 2. The monoisotopic (exact) mass is 355 g/mol. The summed E-state index contributed by atoms with van der Waals surface area (Å²) >= 11 is 0. The van der Waals surface area contributed by atoms with E-state index >= 15 is 0 Å². The average molecular weight is 355 g/mol. The van der Waals surface area contributed by atoms with Gasteiger partial charge in [0.25, 0.3) is 0 Å². The first-order chi connectivity index (χ1) is 12.5. The number of hydrogen-bond donors (Lipinski definition) is 2. The molecule has 1 aliphatic heterocycles. The summed E-state index contributed by atoms with van der Waals surface area (Å²) in [6.07, 6.45) is 0.660. The van der Waals surface area contributed by atoms with Gasteiger partial charge >= 0.3 is 6.03 Å². The van der Waals surface area contributed by atoms with E-state index in [0.29, 0.717) is 25.1 Å². The van der Waals surface area contributed by atoms with Crippen molar-refractivity contribution in [2.75, 3.05) is 11.9 Å². The summed E-state index contributed by atoms with van der Waals surface area (Å²) < 4.78 is 13.9. The molecule has 1 aliphatic rings. The third kappa shape index (κ3) is 3.85. The van der Waals surface area contributed by atoms with Gasteiger partial charge in [0.1, 0.15) is 5.82 Å². The first-order valence-electron chi connectivity index (χ1n) is 8.64. The normalized spacial score (nSPS) is 14.3. The van der Waals surface area contributed by atoms with Gasteiger partial charge in [-0.1, -0.05) is 30.3 Å². The lowest BCUT2D eigenvalue weighted by atomic mass is 9.98. The number of amides is 3. The zero-order chi connectivity index (χ0) is 18.7. The van der Waals surface area contributed by atoms with Crippen molar-refractivity contribution in [1.29, 1.82) is 0 Å². The van der Waals surface area contributed by atoms with E-state index < -0.39 is 6.04 Å². The zero-order valence-corrected chi connectivity index (χ0v) is 14.9. The second-order valence-corrected chi connectivity index (χ2v) is 6.49. The lowest BCUT2D eigenvalue weighted by molar-refractivity contribution is -0.114. The Kier molecular flexibility index (Phi) is 5.21. The summed E-state index contributed by atoms with van der Waals surface area (Å²) in [7, 11) is 0. The molecule has 2 aromatic carbocycles. The molecule has 0 spiro atoms. The van der Waals surface area contributed by atoms with E-state index in [-0.39, 0.29) is 17.8 Å². The number of hydrogen-bond acceptors (Lipinski definition) is 2. The van der Waals surface area contributed by atoms with Crippen molar-refractivity contribution in [3.05, 3.63) is 65.0 Å². The van der Waals surface area contributed by atoms with Crippen LogP contribution in [0.25, 0.3) is 0 Å². The average Bonchev–Trinajstić information content (AvgIpc) is 2.61. The van der Waals surface area contributed by atoms with Crippen LogP contribution in [-0.2, 0) is 17.8 Å². The summed E-state index contributed by atoms with van der Waals surface area (Å²) in [6, 6.07) is 11.5. The van der Waals surface area contributed by atoms with Crippen LogP contribution in [0.1, 0.15) is 36.6 Å². The number of halogens is 1. The highest BCUT2D eigenvalue weighted by Gasteiger charge is 2.24. The van der Waals surface area contributed by atoms with Crippen LogP contribution in [0.4, 0.5) is 14.9 Å². The first kappa shape index (κ1) is 17.9. The van der Waals surface area contributed by atoms with Gasteiger partial charge in [0.15, 0.2) is 0 Å². The van der Waals surface area contributed by atoms with Crippen molar-refractivity contribution in [3.63, 3.8) is 0 Å². The number of nitrogens with zero attached hydrogens (tertiary/aromatic N) is 1. The fraction of sp³-hybridized carbons (Fsp3) is 0.300. The van der Waals surface area contributed by atoms with Gasteiger partial charge in [0.2, 0.25) is 5.91 Å². The van der Waals surface area contributed by atoms with E-state index in [1.54, 1.807) is 30.0 Å². The van der Waals surface area contributed by atoms with Crippen molar-refractivity contribution in [2.24, 2.45) is 0 Å². The Morgan fingerprint density at radius 2 is 1.92 bits per heavy atom. The summed E-state index contributed by atoms with van der Waals surface area (Å²) in [5.41, 5.74) is 3.34. The van der Waals surface area contributed by atoms with Crippen LogP contribution in [0.3, 0.4) is 0 Å². The SMILES string of the molecule is CC(=O)Nc1cccc2c1CCN(C(=O)N[C@H](C)c1ccccc1F)C2. The molecular weight excluding hydrogens is 333 g/mol. The largest absolute Gasteiger partial charge is 0.331 e. The van der Waals surface area contributed by atoms with Gasteiger partial charge < -0.3 is 15.5 Å². The lowest BCUT2D eigenvalue weighted by Gasteiger charge is -2.31. The first-order valence-corrected chi connectivity index (χ1v) is 8.64. The highest BCUT2D eigenvalue weighted by molar-refractivity contribution is 5.90. The third-order valence-electron chi connectivity index (χ3n) is 4.58. The third-order valence-corrected chi connectivity index (χ3v) is 4.58. The van der Waals surface area contributed by atoms with E-state index in [0.717, 1.165) is 16.8 Å². The molecule has 1 atom stereocenters. The van der Waals surface area contributed by atoms with Crippen LogP contribution in [0, 0.1) is 5.82 Å². The molecule has 3 amide bonds. The van der Waals surface area contributed by atoms with Crippen LogP contribution in [0.2, 0.25) is 0 Å². The predicted molar refractivity (Wildman–Crippen MR) is 98.2 cm³/mol. The Morgan fingerprint density at radius 1 is 1.15 bits per heavy atom. The standard InChI is InChI=1S/C20H22FN3O2/c1-13(16-7-3-4-8-18(16)21)22-20(26)24-11-10-17-15(12-24)6-5-9-19(17)23-14(2)25/h3-9,13H,10-12H2,1-2H3,(H,22,26)(H,23,25)/t13-/m1/s1. The van der Waals surface area contributed by atoms with Crippen LogP contribution < -0.4 is 10.6 Å². The fourth-order valence-corrected chi connectivity index (χ4v) is 3.27. The van der Waals surface area contributed by atoms with E-state index in [2.05, 4.69) is 10.6 Å². The maximum Gasteiger partial charge on any atom is 0.318 e. The Bertz CT molecular complexity index is 838. The van der Waals surface area contributed by atoms with Gasteiger partial charge in [-0.25, -0.2) is 9.18 Å². The van der Waals surface area contributed by atoms with Crippen molar-refractivity contribution in [2.45, 2.75) is 32.9 Å². The minimum absolute atomic E-state index is 0.114. The van der Waals surface area contributed by atoms with E-state index in [4.69, 9.17) is 0 Å². The van der Waals surface area contributed by atoms with Gasteiger partial charge in [-0.2, -0.15) is 0 Å². The molecular formula is C20H22FN3O2. The van der Waals surface area contributed by atoms with E-state index in [1.165, 1.54) is 13.0 Å². The van der Waals surface area contributed by atoms with Gasteiger partial charge in [-0.15, -0.1) is 0 Å². The number of benzene rings is 2. The van der Waals surface area contributed by atoms with E-state index in [1.807, 2.05) is 18.2 Å². The Labute approximate surface area is 152 Å². The minimum atomic E-state index is -0.421. The number of nitrogens with one attached hydrogen (secondary N) is 2. The molecule has 5 nitrogen and oxygen atoms in total. The molecule has 0 aromatic heterocycles. The topological polar surface area (TPSA) is 61.4 Å². The van der Waals surface area contributed by atoms with Gasteiger partial charge in [0.05, 0.1) is 6.04 Å². The molecule has 6 heteroatoms. The van der Waals surface area contributed by atoms with Crippen molar-refractivity contribution in [1.82, 2.24) is 10.2 Å². The van der Waals surface area contributed by atoms with Crippen LogP contribution >= 0.6 is 0 Å². The lowest BCUT2D eigenvalue weighted by Crippen LogP contribution is -2.43. The van der Waals surface area contributed by atoms with Crippen LogP contribution in [0.5, 0.6) is 0 Å². The van der Waals surface area contributed by atoms with Gasteiger partial charge in [-0.3, -0.25) is 4.79 Å². The number of fused-ring (bicyclic) bond motifs is 1. The maximum atomic E-state index is 13.9. The van der Waals surface area contributed by atoms with Crippen molar-refractivity contribution in [3.8, 4) is 0 Å². The highest BCUT2D eigenvalue weighted by atomic mass is 19.1. The molecule has 26 heavy (non-hydrogen) atoms. The molecule has 136 valence electrons. The summed E-state index contributed by atoms with van der Waals surface area (Å²) in [6.45, 7) is 4.24. The Balaban J connectivity index is 1.70. The van der Waals surface area contributed by atoms with E-state index in [9.17, 15) is 14.0 Å². The molecule has 0 bridgehead atoms. The zero-order valence-electron chi connectivity index (χ0n) is 14.9. The molecule has 0 fully saturated rings. The summed E-state index contributed by atoms with van der Waals surface area (Å²) in [5, 5.41) is 5.70. The second kappa shape index (κ2) is 7.56. The molecule has 1 heterocycles. The maximum absolute atomic E-state index is 13.9. The number of urea groups is 1. The molecule has 2 N–H and O–H groups in total. The fourth-order valence-electron chi connectivity index (χ4n) is 3.27. The van der Waals surface area contributed by atoms with Crippen molar-refractivity contribution >= 4 is 17.6 Å². The molecule has 0 radical (unpaired) electrons. The minimum Gasteiger partial charge on any atom is -0.331 e. The Hall–Kier alpha value is -2.89. The van der Waals surface area contributed by atoms with Crippen molar-refractivity contribution < 1.29 is 14.0 Å². The number of carbonyl (C=O) groups excluding carboxylic acids is 2. The van der Waals surface area contributed by atoms with Gasteiger partial charge in [-0.05, 0) is 36.6 Å². The Morgan fingerprint density at radius 3 is 2.65 bits per heavy atom.